The fourth-order valence-electron chi connectivity index (χ4n) is 4.11. The first kappa shape index (κ1) is 19.0. The Hall–Kier alpha value is -2.34. The van der Waals surface area contributed by atoms with Crippen LogP contribution >= 0.6 is 15.9 Å². The van der Waals surface area contributed by atoms with Crippen molar-refractivity contribution >= 4 is 27.8 Å². The van der Waals surface area contributed by atoms with Gasteiger partial charge in [0.15, 0.2) is 0 Å². The van der Waals surface area contributed by atoms with E-state index in [9.17, 15) is 9.59 Å². The third-order valence-electron chi connectivity index (χ3n) is 5.69. The molecule has 2 aliphatic rings. The van der Waals surface area contributed by atoms with Gasteiger partial charge in [-0.25, -0.2) is 4.79 Å². The van der Waals surface area contributed by atoms with E-state index in [1.165, 1.54) is 0 Å². The highest BCUT2D eigenvalue weighted by atomic mass is 79.9. The van der Waals surface area contributed by atoms with E-state index >= 15 is 0 Å². The van der Waals surface area contributed by atoms with Crippen LogP contribution in [-0.4, -0.2) is 37.0 Å². The van der Waals surface area contributed by atoms with Gasteiger partial charge in [0.1, 0.15) is 11.4 Å². The monoisotopic (exact) mass is 443 g/mol. The molecule has 2 heterocycles. The van der Waals surface area contributed by atoms with Gasteiger partial charge in [0.2, 0.25) is 5.91 Å². The number of carbonyl (C=O) groups excluding carboxylic acids is 2. The maximum atomic E-state index is 12.7. The SMILES string of the molecule is COc1ccc(CCC(=O)N2CCC3(CC2)OC(=O)c2ccccc23)cc1Br. The molecule has 0 N–H and O–H groups in total. The Balaban J connectivity index is 1.36. The summed E-state index contributed by atoms with van der Waals surface area (Å²) in [6, 6.07) is 13.5. The summed E-state index contributed by atoms with van der Waals surface area (Å²) in [4.78, 5) is 26.7. The van der Waals surface area contributed by atoms with Crippen molar-refractivity contribution < 1.29 is 19.1 Å². The van der Waals surface area contributed by atoms with Crippen LogP contribution < -0.4 is 4.74 Å². The Labute approximate surface area is 172 Å². The molecule has 28 heavy (non-hydrogen) atoms. The number of piperidine rings is 1. The summed E-state index contributed by atoms with van der Waals surface area (Å²) in [5.41, 5.74) is 2.15. The lowest BCUT2D eigenvalue weighted by Gasteiger charge is -2.38. The number of ether oxygens (including phenoxy) is 2. The molecule has 1 amide bonds. The summed E-state index contributed by atoms with van der Waals surface area (Å²) in [7, 11) is 1.63. The number of fused-ring (bicyclic) bond motifs is 2. The third kappa shape index (κ3) is 3.41. The minimum Gasteiger partial charge on any atom is -0.496 e. The highest BCUT2D eigenvalue weighted by Gasteiger charge is 2.47. The number of esters is 1. The van der Waals surface area contributed by atoms with Crippen molar-refractivity contribution in [3.8, 4) is 5.75 Å². The summed E-state index contributed by atoms with van der Waals surface area (Å²) in [6.07, 6.45) is 2.44. The van der Waals surface area contributed by atoms with Crippen molar-refractivity contribution in [1.29, 1.82) is 0 Å². The predicted octanol–water partition coefficient (Wildman–Crippen LogP) is 4.08. The molecule has 0 atom stereocenters. The standard InChI is InChI=1S/C22H22BrNO4/c1-27-19-8-6-15(14-18(19)23)7-9-20(25)24-12-10-22(11-13-24)17-5-3-2-4-16(17)21(26)28-22/h2-6,8,14H,7,9-13H2,1H3. The fraction of sp³-hybridized carbons (Fsp3) is 0.364. The fourth-order valence-corrected chi connectivity index (χ4v) is 4.70. The molecule has 1 fully saturated rings. The van der Waals surface area contributed by atoms with Gasteiger partial charge in [0.25, 0.3) is 0 Å². The number of nitrogens with zero attached hydrogens (tertiary/aromatic N) is 1. The molecule has 1 spiro atoms. The normalized spacial score (nSPS) is 17.4. The summed E-state index contributed by atoms with van der Waals surface area (Å²) >= 11 is 3.48. The highest BCUT2D eigenvalue weighted by Crippen LogP contribution is 2.44. The van der Waals surface area contributed by atoms with Gasteiger partial charge in [-0.05, 0) is 46.1 Å². The molecule has 1 saturated heterocycles. The molecule has 2 aliphatic heterocycles. The second-order valence-electron chi connectivity index (χ2n) is 7.28. The molecule has 6 heteroatoms. The number of halogens is 1. The number of likely N-dealkylation sites (tertiary alicyclic amines) is 1. The first-order valence-corrected chi connectivity index (χ1v) is 10.2. The minimum atomic E-state index is -0.564. The number of hydrogen-bond donors (Lipinski definition) is 0. The molecule has 5 nitrogen and oxygen atoms in total. The Morgan fingerprint density at radius 2 is 1.96 bits per heavy atom. The minimum absolute atomic E-state index is 0.138. The van der Waals surface area contributed by atoms with Crippen molar-refractivity contribution in [1.82, 2.24) is 4.90 Å². The molecule has 2 aromatic carbocycles. The van der Waals surface area contributed by atoms with Crippen molar-refractivity contribution in [3.63, 3.8) is 0 Å². The number of hydrogen-bond acceptors (Lipinski definition) is 4. The lowest BCUT2D eigenvalue weighted by atomic mass is 9.83. The third-order valence-corrected chi connectivity index (χ3v) is 6.31. The first-order chi connectivity index (χ1) is 13.5. The van der Waals surface area contributed by atoms with Crippen molar-refractivity contribution in [3.05, 3.63) is 63.6 Å². The first-order valence-electron chi connectivity index (χ1n) is 9.45. The van der Waals surface area contributed by atoms with E-state index in [1.54, 1.807) is 7.11 Å². The van der Waals surface area contributed by atoms with Crippen molar-refractivity contribution in [2.75, 3.05) is 20.2 Å². The molecular formula is C22H22BrNO4. The topological polar surface area (TPSA) is 55.8 Å². The van der Waals surface area contributed by atoms with Crippen LogP contribution in [0.1, 0.15) is 40.7 Å². The van der Waals surface area contributed by atoms with Crippen LogP contribution in [0.15, 0.2) is 46.9 Å². The Morgan fingerprint density at radius 1 is 1.21 bits per heavy atom. The van der Waals surface area contributed by atoms with E-state index in [2.05, 4.69) is 15.9 Å². The van der Waals surface area contributed by atoms with Gasteiger partial charge in [-0.3, -0.25) is 4.79 Å². The lowest BCUT2D eigenvalue weighted by Crippen LogP contribution is -2.45. The summed E-state index contributed by atoms with van der Waals surface area (Å²) in [6.45, 7) is 1.21. The molecular weight excluding hydrogens is 422 g/mol. The van der Waals surface area contributed by atoms with Gasteiger partial charge in [0, 0.05) is 37.9 Å². The predicted molar refractivity (Wildman–Crippen MR) is 108 cm³/mol. The van der Waals surface area contributed by atoms with Crippen LogP contribution in [0.4, 0.5) is 0 Å². The second-order valence-corrected chi connectivity index (χ2v) is 8.13. The highest BCUT2D eigenvalue weighted by molar-refractivity contribution is 9.10. The van der Waals surface area contributed by atoms with E-state index < -0.39 is 5.60 Å². The van der Waals surface area contributed by atoms with E-state index in [0.29, 0.717) is 44.3 Å². The average Bonchev–Trinajstić information content (AvgIpc) is 2.99. The van der Waals surface area contributed by atoms with Gasteiger partial charge >= 0.3 is 5.97 Å². The quantitative estimate of drug-likeness (QED) is 0.667. The van der Waals surface area contributed by atoms with Crippen molar-refractivity contribution in [2.45, 2.75) is 31.3 Å². The lowest BCUT2D eigenvalue weighted by molar-refractivity contribution is -0.135. The zero-order valence-corrected chi connectivity index (χ0v) is 17.3. The number of aryl methyl sites for hydroxylation is 1. The molecule has 2 aromatic rings. The molecule has 146 valence electrons. The Morgan fingerprint density at radius 3 is 2.68 bits per heavy atom. The zero-order valence-electron chi connectivity index (χ0n) is 15.7. The number of amides is 1. The van der Waals surface area contributed by atoms with E-state index in [4.69, 9.17) is 9.47 Å². The van der Waals surface area contributed by atoms with E-state index in [0.717, 1.165) is 21.3 Å². The largest absolute Gasteiger partial charge is 0.496 e. The van der Waals surface area contributed by atoms with Crippen LogP contribution in [-0.2, 0) is 21.6 Å². The maximum absolute atomic E-state index is 12.7. The number of carbonyl (C=O) groups is 2. The molecule has 0 aromatic heterocycles. The van der Waals surface area contributed by atoms with Gasteiger partial charge < -0.3 is 14.4 Å². The van der Waals surface area contributed by atoms with Gasteiger partial charge in [0.05, 0.1) is 17.1 Å². The average molecular weight is 444 g/mol. The van der Waals surface area contributed by atoms with Gasteiger partial charge in [-0.1, -0.05) is 24.3 Å². The maximum Gasteiger partial charge on any atom is 0.339 e. The van der Waals surface area contributed by atoms with Crippen LogP contribution in [0.2, 0.25) is 0 Å². The van der Waals surface area contributed by atoms with Crippen LogP contribution in [0.5, 0.6) is 5.75 Å². The second kappa shape index (κ2) is 7.59. The molecule has 0 unspecified atom stereocenters. The zero-order chi connectivity index (χ0) is 19.7. The summed E-state index contributed by atoms with van der Waals surface area (Å²) < 4.78 is 11.9. The van der Waals surface area contributed by atoms with Crippen LogP contribution in [0, 0.1) is 0 Å². The smallest absolute Gasteiger partial charge is 0.339 e. The molecule has 0 bridgehead atoms. The molecule has 0 radical (unpaired) electrons. The molecule has 0 saturated carbocycles. The Kier molecular flexibility index (Phi) is 5.15. The number of rotatable bonds is 4. The number of methoxy groups -OCH3 is 1. The summed E-state index contributed by atoms with van der Waals surface area (Å²) in [5, 5.41) is 0. The van der Waals surface area contributed by atoms with Crippen LogP contribution in [0.25, 0.3) is 0 Å². The van der Waals surface area contributed by atoms with Gasteiger partial charge in [-0.2, -0.15) is 0 Å². The van der Waals surface area contributed by atoms with E-state index in [-0.39, 0.29) is 11.9 Å². The summed E-state index contributed by atoms with van der Waals surface area (Å²) in [5.74, 6) is 0.669. The van der Waals surface area contributed by atoms with Crippen LogP contribution in [0.3, 0.4) is 0 Å². The molecule has 4 rings (SSSR count). The van der Waals surface area contributed by atoms with E-state index in [1.807, 2.05) is 47.4 Å². The van der Waals surface area contributed by atoms with Gasteiger partial charge in [-0.15, -0.1) is 0 Å². The number of benzene rings is 2. The molecule has 0 aliphatic carbocycles. The Bertz CT molecular complexity index is 919. The van der Waals surface area contributed by atoms with Crippen molar-refractivity contribution in [2.24, 2.45) is 0 Å².